The van der Waals surface area contributed by atoms with E-state index in [1.165, 1.54) is 0 Å². The molecular weight excluding hydrogens is 209 g/mol. The maximum absolute atomic E-state index is 11.6. The highest BCUT2D eigenvalue weighted by Gasteiger charge is 2.34. The van der Waals surface area contributed by atoms with Crippen LogP contribution < -0.4 is 5.32 Å². The first-order valence-electron chi connectivity index (χ1n) is 3.99. The van der Waals surface area contributed by atoms with Gasteiger partial charge < -0.3 is 19.2 Å². The van der Waals surface area contributed by atoms with E-state index in [1.54, 1.807) is 6.92 Å². The highest BCUT2D eigenvalue weighted by atomic mass is 31.2. The second-order valence-electron chi connectivity index (χ2n) is 2.41. The minimum Gasteiger partial charge on any atom is -0.336 e. The molecule has 6 nitrogen and oxygen atoms in total. The lowest BCUT2D eigenvalue weighted by Crippen LogP contribution is -2.36. The summed E-state index contributed by atoms with van der Waals surface area (Å²) in [6.07, 6.45) is 0.527. The summed E-state index contributed by atoms with van der Waals surface area (Å²) in [5.74, 6) is -1.64. The van der Waals surface area contributed by atoms with Crippen molar-refractivity contribution in [2.45, 2.75) is 19.1 Å². The van der Waals surface area contributed by atoms with Gasteiger partial charge in [-0.2, -0.15) is 0 Å². The fourth-order valence-corrected chi connectivity index (χ4v) is 1.81. The normalized spacial score (nSPS) is 13.4. The zero-order chi connectivity index (χ0) is 11.2. The molecule has 0 spiro atoms. The largest absolute Gasteiger partial charge is 0.359 e. The molecule has 0 saturated carbocycles. The Hall–Kier alpha value is -0.710. The molecule has 14 heavy (non-hydrogen) atoms. The minimum absolute atomic E-state index is 0.192. The molecule has 1 N–H and O–H groups in total. The van der Waals surface area contributed by atoms with Crippen molar-refractivity contribution in [2.75, 3.05) is 14.2 Å². The van der Waals surface area contributed by atoms with Crippen LogP contribution in [0, 0.1) is 0 Å². The number of amides is 1. The van der Waals surface area contributed by atoms with Gasteiger partial charge in [-0.25, -0.2) is 0 Å². The molecule has 0 fully saturated rings. The van der Waals surface area contributed by atoms with Crippen LogP contribution >= 0.6 is 7.60 Å². The summed E-state index contributed by atoms with van der Waals surface area (Å²) in [4.78, 5) is 21.5. The summed E-state index contributed by atoms with van der Waals surface area (Å²) in [5, 5.41) is 2.24. The maximum Gasteiger partial charge on any atom is 0.359 e. The first-order chi connectivity index (χ1) is 6.53. The zero-order valence-corrected chi connectivity index (χ0v) is 9.24. The SMILES string of the molecule is CCC(=O)NC(C=O)P(=O)(OC)OC. The summed E-state index contributed by atoms with van der Waals surface area (Å²) in [6, 6.07) is 0. The van der Waals surface area contributed by atoms with Crippen LogP contribution in [0.2, 0.25) is 0 Å². The molecule has 0 aromatic rings. The third-order valence-corrected chi connectivity index (χ3v) is 3.56. The molecule has 0 rings (SSSR count). The smallest absolute Gasteiger partial charge is 0.336 e. The van der Waals surface area contributed by atoms with Gasteiger partial charge in [-0.05, 0) is 0 Å². The van der Waals surface area contributed by atoms with Crippen LogP contribution in [-0.4, -0.2) is 32.2 Å². The molecule has 1 unspecified atom stereocenters. The Morgan fingerprint density at radius 1 is 1.50 bits per heavy atom. The van der Waals surface area contributed by atoms with Crippen molar-refractivity contribution in [3.63, 3.8) is 0 Å². The van der Waals surface area contributed by atoms with Gasteiger partial charge >= 0.3 is 7.60 Å². The van der Waals surface area contributed by atoms with Crippen molar-refractivity contribution in [3.8, 4) is 0 Å². The molecule has 0 saturated heterocycles. The van der Waals surface area contributed by atoms with E-state index in [9.17, 15) is 14.2 Å². The van der Waals surface area contributed by atoms with Gasteiger partial charge in [0.25, 0.3) is 0 Å². The molecule has 0 aliphatic rings. The molecular formula is C7H14NO5P. The van der Waals surface area contributed by atoms with E-state index in [-0.39, 0.29) is 6.42 Å². The molecule has 0 bridgehead atoms. The number of carbonyl (C=O) groups is 2. The summed E-state index contributed by atoms with van der Waals surface area (Å²) < 4.78 is 20.8. The highest BCUT2D eigenvalue weighted by molar-refractivity contribution is 7.55. The maximum atomic E-state index is 11.6. The third-order valence-electron chi connectivity index (χ3n) is 1.61. The molecule has 1 atom stereocenters. The second kappa shape index (κ2) is 5.90. The fourth-order valence-electron chi connectivity index (χ4n) is 0.756. The van der Waals surface area contributed by atoms with Crippen LogP contribution in [-0.2, 0) is 23.2 Å². The van der Waals surface area contributed by atoms with Gasteiger partial charge in [-0.15, -0.1) is 0 Å². The van der Waals surface area contributed by atoms with E-state index in [4.69, 9.17) is 0 Å². The van der Waals surface area contributed by atoms with Crippen LogP contribution in [0.1, 0.15) is 13.3 Å². The van der Waals surface area contributed by atoms with Gasteiger partial charge in [-0.1, -0.05) is 6.92 Å². The molecule has 7 heteroatoms. The molecule has 0 heterocycles. The predicted molar refractivity (Wildman–Crippen MR) is 49.9 cm³/mol. The standard InChI is InChI=1S/C7H14NO5P/c1-4-6(10)8-7(5-9)14(11,12-2)13-3/h5,7H,4H2,1-3H3,(H,8,10). The van der Waals surface area contributed by atoms with E-state index in [0.29, 0.717) is 6.29 Å². The molecule has 0 aliphatic heterocycles. The summed E-state index contributed by atoms with van der Waals surface area (Å²) in [7, 11) is -1.26. The van der Waals surface area contributed by atoms with E-state index < -0.39 is 19.3 Å². The topological polar surface area (TPSA) is 81.7 Å². The number of nitrogens with one attached hydrogen (secondary N) is 1. The summed E-state index contributed by atoms with van der Waals surface area (Å²) in [5.41, 5.74) is 0. The lowest BCUT2D eigenvalue weighted by Gasteiger charge is -2.20. The average Bonchev–Trinajstić information content (AvgIpc) is 2.24. The minimum atomic E-state index is -3.56. The zero-order valence-electron chi connectivity index (χ0n) is 8.35. The number of hydrogen-bond donors (Lipinski definition) is 1. The van der Waals surface area contributed by atoms with Crippen LogP contribution in [0.15, 0.2) is 0 Å². The van der Waals surface area contributed by atoms with E-state index in [2.05, 4.69) is 14.4 Å². The first-order valence-corrected chi connectivity index (χ1v) is 5.61. The van der Waals surface area contributed by atoms with Crippen molar-refractivity contribution < 1.29 is 23.2 Å². The van der Waals surface area contributed by atoms with Crippen LogP contribution in [0.3, 0.4) is 0 Å². The number of aldehydes is 1. The van der Waals surface area contributed by atoms with Gasteiger partial charge in [0.15, 0.2) is 12.1 Å². The van der Waals surface area contributed by atoms with Gasteiger partial charge in [0.2, 0.25) is 5.91 Å². The lowest BCUT2D eigenvalue weighted by molar-refractivity contribution is -0.123. The van der Waals surface area contributed by atoms with Crippen molar-refractivity contribution >= 4 is 19.8 Å². The van der Waals surface area contributed by atoms with Gasteiger partial charge in [0.05, 0.1) is 0 Å². The molecule has 0 radical (unpaired) electrons. The average molecular weight is 223 g/mol. The molecule has 0 aliphatic carbocycles. The predicted octanol–water partition coefficient (Wildman–Crippen LogP) is 0.523. The quantitative estimate of drug-likeness (QED) is 0.524. The van der Waals surface area contributed by atoms with Gasteiger partial charge in [0, 0.05) is 20.6 Å². The highest BCUT2D eigenvalue weighted by Crippen LogP contribution is 2.49. The third kappa shape index (κ3) is 3.21. The molecule has 1 amide bonds. The van der Waals surface area contributed by atoms with Crippen LogP contribution in [0.5, 0.6) is 0 Å². The van der Waals surface area contributed by atoms with Gasteiger partial charge in [-0.3, -0.25) is 9.36 Å². The summed E-state index contributed by atoms with van der Waals surface area (Å²) in [6.45, 7) is 1.61. The number of hydrogen-bond acceptors (Lipinski definition) is 5. The van der Waals surface area contributed by atoms with Gasteiger partial charge in [0.1, 0.15) is 0 Å². The molecule has 0 aromatic carbocycles. The van der Waals surface area contributed by atoms with Crippen molar-refractivity contribution in [1.82, 2.24) is 5.32 Å². The first kappa shape index (κ1) is 13.3. The van der Waals surface area contributed by atoms with Crippen molar-refractivity contribution in [2.24, 2.45) is 0 Å². The van der Waals surface area contributed by atoms with E-state index in [0.717, 1.165) is 14.2 Å². The van der Waals surface area contributed by atoms with E-state index >= 15 is 0 Å². The fraction of sp³-hybridized carbons (Fsp3) is 0.714. The molecule has 82 valence electrons. The Bertz CT molecular complexity index is 246. The van der Waals surface area contributed by atoms with Crippen molar-refractivity contribution in [1.29, 1.82) is 0 Å². The Balaban J connectivity index is 4.62. The Kier molecular flexibility index (Phi) is 5.60. The number of rotatable bonds is 6. The Morgan fingerprint density at radius 2 is 2.00 bits per heavy atom. The van der Waals surface area contributed by atoms with Crippen LogP contribution in [0.25, 0.3) is 0 Å². The number of carbonyl (C=O) groups excluding carboxylic acids is 2. The lowest BCUT2D eigenvalue weighted by atomic mass is 10.4. The van der Waals surface area contributed by atoms with Crippen LogP contribution in [0.4, 0.5) is 0 Å². The Labute approximate surface area is 82.5 Å². The molecule has 0 aromatic heterocycles. The Morgan fingerprint density at radius 3 is 2.29 bits per heavy atom. The second-order valence-corrected chi connectivity index (χ2v) is 4.77. The van der Waals surface area contributed by atoms with Crippen molar-refractivity contribution in [3.05, 3.63) is 0 Å². The monoisotopic (exact) mass is 223 g/mol. The summed E-state index contributed by atoms with van der Waals surface area (Å²) >= 11 is 0. The van der Waals surface area contributed by atoms with E-state index in [1.807, 2.05) is 0 Å².